The van der Waals surface area contributed by atoms with E-state index in [1.165, 1.54) is 11.3 Å². The number of fused-ring (bicyclic) bond motifs is 1. The van der Waals surface area contributed by atoms with Crippen molar-refractivity contribution in [1.82, 2.24) is 20.6 Å². The summed E-state index contributed by atoms with van der Waals surface area (Å²) in [5.74, 6) is -0.431. The number of carbonyl (C=O) groups excluding carboxylic acids is 2. The van der Waals surface area contributed by atoms with Gasteiger partial charge >= 0.3 is 6.09 Å². The van der Waals surface area contributed by atoms with Gasteiger partial charge in [0.05, 0.1) is 23.7 Å². The maximum absolute atomic E-state index is 12.3. The number of amides is 2. The summed E-state index contributed by atoms with van der Waals surface area (Å²) in [6.45, 7) is 4.21. The molecule has 7 nitrogen and oxygen atoms in total. The van der Waals surface area contributed by atoms with Crippen LogP contribution >= 0.6 is 34.5 Å². The van der Waals surface area contributed by atoms with E-state index in [4.69, 9.17) is 27.9 Å². The van der Waals surface area contributed by atoms with Gasteiger partial charge in [0.2, 0.25) is 0 Å². The van der Waals surface area contributed by atoms with E-state index in [1.807, 2.05) is 13.0 Å². The molecule has 0 radical (unpaired) electrons. The summed E-state index contributed by atoms with van der Waals surface area (Å²) in [4.78, 5) is 24.8. The summed E-state index contributed by atoms with van der Waals surface area (Å²) in [6.07, 6.45) is -0.716. The highest BCUT2D eigenvalue weighted by atomic mass is 35.5. The molecule has 3 aromatic rings. The van der Waals surface area contributed by atoms with E-state index in [0.717, 1.165) is 21.5 Å². The number of aryl methyl sites for hydroxylation is 1. The van der Waals surface area contributed by atoms with E-state index in [-0.39, 0.29) is 6.61 Å². The van der Waals surface area contributed by atoms with Crippen molar-refractivity contribution in [3.8, 4) is 0 Å². The largest absolute Gasteiger partial charge is 0.449 e. The lowest BCUT2D eigenvalue weighted by Crippen LogP contribution is -2.41. The van der Waals surface area contributed by atoms with Crippen LogP contribution in [-0.4, -0.2) is 28.4 Å². The van der Waals surface area contributed by atoms with Gasteiger partial charge in [-0.1, -0.05) is 29.3 Å². The molecule has 10 heteroatoms. The van der Waals surface area contributed by atoms with Gasteiger partial charge in [0.25, 0.3) is 5.91 Å². The SMILES string of the molecule is CCOC(=O)NNC(=O)c1cc2c(C)nn(Cc3ccc(Cl)cc3Cl)c2s1. The van der Waals surface area contributed by atoms with E-state index in [2.05, 4.69) is 16.0 Å². The van der Waals surface area contributed by atoms with Crippen LogP contribution in [0.1, 0.15) is 27.9 Å². The number of hydrogen-bond acceptors (Lipinski definition) is 5. The van der Waals surface area contributed by atoms with Crippen LogP contribution in [0.25, 0.3) is 10.2 Å². The third-order valence-electron chi connectivity index (χ3n) is 3.72. The molecule has 0 saturated carbocycles. The highest BCUT2D eigenvalue weighted by Crippen LogP contribution is 2.30. The lowest BCUT2D eigenvalue weighted by Gasteiger charge is -2.06. The first-order chi connectivity index (χ1) is 12.9. The lowest BCUT2D eigenvalue weighted by molar-refractivity contribution is 0.0916. The Morgan fingerprint density at radius 2 is 2.04 bits per heavy atom. The van der Waals surface area contributed by atoms with Crippen LogP contribution < -0.4 is 10.9 Å². The molecule has 0 aliphatic heterocycles. The Kier molecular flexibility index (Phi) is 5.88. The maximum Gasteiger partial charge on any atom is 0.426 e. The van der Waals surface area contributed by atoms with Crippen LogP contribution in [0.15, 0.2) is 24.3 Å². The fraction of sp³-hybridized carbons (Fsp3) is 0.235. The Bertz CT molecular complexity index is 1020. The van der Waals surface area contributed by atoms with Gasteiger partial charge in [-0.3, -0.25) is 14.9 Å². The first-order valence-corrected chi connectivity index (χ1v) is 9.60. The van der Waals surface area contributed by atoms with Crippen LogP contribution in [0.3, 0.4) is 0 Å². The van der Waals surface area contributed by atoms with Crippen molar-refractivity contribution in [3.63, 3.8) is 0 Å². The molecule has 0 aliphatic carbocycles. The number of carbonyl (C=O) groups is 2. The number of benzene rings is 1. The Balaban J connectivity index is 1.82. The standard InChI is InChI=1S/C17H16Cl2N4O3S/c1-3-26-17(25)21-20-15(24)14-7-12-9(2)22-23(16(12)27-14)8-10-4-5-11(18)6-13(10)19/h4-7H,3,8H2,1-2H3,(H,20,24)(H,21,25). The number of hydrazine groups is 1. The minimum Gasteiger partial charge on any atom is -0.449 e. The number of halogens is 2. The average molecular weight is 427 g/mol. The first kappa shape index (κ1) is 19.5. The summed E-state index contributed by atoms with van der Waals surface area (Å²) in [5, 5.41) is 6.51. The highest BCUT2D eigenvalue weighted by Gasteiger charge is 2.17. The van der Waals surface area contributed by atoms with Crippen molar-refractivity contribution in [2.45, 2.75) is 20.4 Å². The van der Waals surface area contributed by atoms with Gasteiger partial charge in [0.1, 0.15) is 4.83 Å². The summed E-state index contributed by atoms with van der Waals surface area (Å²) in [7, 11) is 0. The summed E-state index contributed by atoms with van der Waals surface area (Å²) < 4.78 is 6.49. The maximum atomic E-state index is 12.3. The molecule has 3 rings (SSSR count). The number of rotatable bonds is 4. The van der Waals surface area contributed by atoms with Gasteiger partial charge in [-0.2, -0.15) is 5.10 Å². The minimum atomic E-state index is -0.716. The zero-order valence-electron chi connectivity index (χ0n) is 14.5. The molecule has 0 aliphatic rings. The Hall–Kier alpha value is -2.29. The first-order valence-electron chi connectivity index (χ1n) is 8.03. The van der Waals surface area contributed by atoms with E-state index < -0.39 is 12.0 Å². The van der Waals surface area contributed by atoms with Gasteiger partial charge in [-0.15, -0.1) is 11.3 Å². The fourth-order valence-corrected chi connectivity index (χ4v) is 4.00. The van der Waals surface area contributed by atoms with Gasteiger partial charge in [-0.05, 0) is 37.6 Å². The van der Waals surface area contributed by atoms with E-state index >= 15 is 0 Å². The third kappa shape index (κ3) is 4.35. The number of thiophene rings is 1. The smallest absolute Gasteiger partial charge is 0.426 e. The molecular weight excluding hydrogens is 411 g/mol. The zero-order valence-corrected chi connectivity index (χ0v) is 16.8. The van der Waals surface area contributed by atoms with Crippen molar-refractivity contribution in [1.29, 1.82) is 0 Å². The molecule has 0 fully saturated rings. The summed E-state index contributed by atoms with van der Waals surface area (Å²) >= 11 is 13.5. The van der Waals surface area contributed by atoms with Crippen molar-refractivity contribution in [2.24, 2.45) is 0 Å². The second-order valence-electron chi connectivity index (χ2n) is 5.61. The third-order valence-corrected chi connectivity index (χ3v) is 5.45. The molecule has 0 unspecified atom stereocenters. The number of hydrogen-bond donors (Lipinski definition) is 2. The molecular formula is C17H16Cl2N4O3S. The lowest BCUT2D eigenvalue weighted by atomic mass is 10.2. The monoisotopic (exact) mass is 426 g/mol. The number of aromatic nitrogens is 2. The normalized spacial score (nSPS) is 10.8. The zero-order chi connectivity index (χ0) is 19.6. The van der Waals surface area contributed by atoms with Crippen LogP contribution in [-0.2, 0) is 11.3 Å². The van der Waals surface area contributed by atoms with E-state index in [0.29, 0.717) is 21.5 Å². The van der Waals surface area contributed by atoms with Gasteiger partial charge in [0.15, 0.2) is 0 Å². The molecule has 0 spiro atoms. The summed E-state index contributed by atoms with van der Waals surface area (Å²) in [6, 6.07) is 7.04. The van der Waals surface area contributed by atoms with Crippen molar-refractivity contribution in [3.05, 3.63) is 50.4 Å². The number of nitrogens with zero attached hydrogens (tertiary/aromatic N) is 2. The quantitative estimate of drug-likeness (QED) is 0.613. The van der Waals surface area contributed by atoms with E-state index in [1.54, 1.807) is 29.8 Å². The second-order valence-corrected chi connectivity index (χ2v) is 7.48. The van der Waals surface area contributed by atoms with Gasteiger partial charge < -0.3 is 4.74 Å². The summed E-state index contributed by atoms with van der Waals surface area (Å²) in [5.41, 5.74) is 6.18. The predicted molar refractivity (Wildman–Crippen MR) is 106 cm³/mol. The molecule has 2 N–H and O–H groups in total. The molecule has 2 heterocycles. The van der Waals surface area contributed by atoms with Crippen molar-refractivity contribution in [2.75, 3.05) is 6.61 Å². The molecule has 142 valence electrons. The van der Waals surface area contributed by atoms with Crippen LogP contribution in [0.5, 0.6) is 0 Å². The van der Waals surface area contributed by atoms with Gasteiger partial charge in [-0.25, -0.2) is 10.2 Å². The van der Waals surface area contributed by atoms with Crippen molar-refractivity contribution < 1.29 is 14.3 Å². The van der Waals surface area contributed by atoms with Crippen LogP contribution in [0.4, 0.5) is 4.79 Å². The Labute approximate surface area is 169 Å². The topological polar surface area (TPSA) is 85.2 Å². The molecule has 2 amide bonds. The highest BCUT2D eigenvalue weighted by molar-refractivity contribution is 7.20. The van der Waals surface area contributed by atoms with Crippen LogP contribution in [0, 0.1) is 6.92 Å². The second kappa shape index (κ2) is 8.16. The number of nitrogens with one attached hydrogen (secondary N) is 2. The Morgan fingerprint density at radius 3 is 2.74 bits per heavy atom. The van der Waals surface area contributed by atoms with Gasteiger partial charge in [0, 0.05) is 15.4 Å². The van der Waals surface area contributed by atoms with Crippen LogP contribution in [0.2, 0.25) is 10.0 Å². The Morgan fingerprint density at radius 1 is 1.26 bits per heavy atom. The number of ether oxygens (including phenoxy) is 1. The molecule has 0 bridgehead atoms. The van der Waals surface area contributed by atoms with Crippen molar-refractivity contribution >= 4 is 56.8 Å². The minimum absolute atomic E-state index is 0.215. The molecule has 2 aromatic heterocycles. The molecule has 0 atom stereocenters. The molecule has 0 saturated heterocycles. The average Bonchev–Trinajstić information content (AvgIpc) is 3.17. The molecule has 1 aromatic carbocycles. The predicted octanol–water partition coefficient (Wildman–Crippen LogP) is 4.15. The molecule has 27 heavy (non-hydrogen) atoms. The fourth-order valence-electron chi connectivity index (χ4n) is 2.48. The van der Waals surface area contributed by atoms with E-state index in [9.17, 15) is 9.59 Å².